The molecule has 5 heterocycles. The highest BCUT2D eigenvalue weighted by Crippen LogP contribution is 2.32. The predicted molar refractivity (Wildman–Crippen MR) is 99.9 cm³/mol. The molecule has 0 aromatic carbocycles. The summed E-state index contributed by atoms with van der Waals surface area (Å²) in [5, 5.41) is 8.60. The van der Waals surface area contributed by atoms with E-state index in [1.54, 1.807) is 17.1 Å². The lowest BCUT2D eigenvalue weighted by Crippen LogP contribution is -1.86. The molecule has 0 unspecified atom stereocenters. The van der Waals surface area contributed by atoms with E-state index in [2.05, 4.69) is 20.2 Å². The zero-order chi connectivity index (χ0) is 19.1. The van der Waals surface area contributed by atoms with Crippen LogP contribution in [0.5, 0.6) is 0 Å². The maximum Gasteiger partial charge on any atom is 0.262 e. The van der Waals surface area contributed by atoms with Crippen LogP contribution in [0.3, 0.4) is 0 Å². The Hall–Kier alpha value is -3.94. The first-order chi connectivity index (χ1) is 13.7. The van der Waals surface area contributed by atoms with E-state index in [4.69, 9.17) is 13.4 Å². The Balaban J connectivity index is 1.54. The van der Waals surface area contributed by atoms with Gasteiger partial charge in [-0.2, -0.15) is 10.1 Å². The van der Waals surface area contributed by atoms with Gasteiger partial charge in [0.15, 0.2) is 11.5 Å². The van der Waals surface area contributed by atoms with Crippen molar-refractivity contribution in [2.24, 2.45) is 7.05 Å². The summed E-state index contributed by atoms with van der Waals surface area (Å²) in [5.41, 5.74) is 2.82. The molecule has 28 heavy (non-hydrogen) atoms. The number of hydrogen-bond acceptors (Lipinski definition) is 7. The number of pyridine rings is 1. The number of furan rings is 2. The fourth-order valence-electron chi connectivity index (χ4n) is 2.97. The van der Waals surface area contributed by atoms with Crippen molar-refractivity contribution in [2.75, 3.05) is 0 Å². The number of rotatable bonds is 4. The molecule has 0 spiro atoms. The molecule has 8 nitrogen and oxygen atoms in total. The van der Waals surface area contributed by atoms with Gasteiger partial charge in [0.1, 0.15) is 17.1 Å². The number of aryl methyl sites for hydroxylation is 2. The van der Waals surface area contributed by atoms with Crippen molar-refractivity contribution in [1.29, 1.82) is 0 Å². The van der Waals surface area contributed by atoms with E-state index >= 15 is 0 Å². The van der Waals surface area contributed by atoms with Crippen LogP contribution >= 0.6 is 0 Å². The van der Waals surface area contributed by atoms with Gasteiger partial charge in [-0.05, 0) is 43.3 Å². The summed E-state index contributed by atoms with van der Waals surface area (Å²) in [7, 11) is 1.83. The van der Waals surface area contributed by atoms with E-state index < -0.39 is 0 Å². The molecule has 0 atom stereocenters. The summed E-state index contributed by atoms with van der Waals surface area (Å²) >= 11 is 0. The predicted octanol–water partition coefficient (Wildman–Crippen LogP) is 4.36. The monoisotopic (exact) mass is 373 g/mol. The van der Waals surface area contributed by atoms with Crippen LogP contribution in [0.15, 0.2) is 68.4 Å². The van der Waals surface area contributed by atoms with Crippen LogP contribution in [0.4, 0.5) is 0 Å². The number of nitrogens with zero attached hydrogens (tertiary/aromatic N) is 5. The minimum atomic E-state index is 0.364. The molecule has 5 aromatic heterocycles. The molecule has 0 aliphatic rings. The molecule has 5 aromatic rings. The summed E-state index contributed by atoms with van der Waals surface area (Å²) in [6, 6.07) is 11.1. The topological polar surface area (TPSA) is 95.9 Å². The second-order valence-corrected chi connectivity index (χ2v) is 6.31. The second-order valence-electron chi connectivity index (χ2n) is 6.31. The third kappa shape index (κ3) is 2.81. The number of aromatic nitrogens is 5. The summed E-state index contributed by atoms with van der Waals surface area (Å²) < 4.78 is 18.3. The minimum Gasteiger partial charge on any atom is -0.463 e. The molecule has 0 aliphatic heterocycles. The molecule has 0 amide bonds. The van der Waals surface area contributed by atoms with E-state index in [0.717, 1.165) is 11.3 Å². The highest BCUT2D eigenvalue weighted by molar-refractivity contribution is 5.74. The smallest absolute Gasteiger partial charge is 0.262 e. The summed E-state index contributed by atoms with van der Waals surface area (Å²) in [6.45, 7) is 1.89. The Bertz CT molecular complexity index is 1250. The van der Waals surface area contributed by atoms with Crippen molar-refractivity contribution >= 4 is 0 Å². The van der Waals surface area contributed by atoms with Crippen molar-refractivity contribution in [2.45, 2.75) is 6.92 Å². The zero-order valence-electron chi connectivity index (χ0n) is 15.2. The minimum absolute atomic E-state index is 0.364. The molecular weight excluding hydrogens is 358 g/mol. The average molecular weight is 373 g/mol. The molecule has 8 heteroatoms. The van der Waals surface area contributed by atoms with Crippen molar-refractivity contribution < 1.29 is 13.4 Å². The van der Waals surface area contributed by atoms with Gasteiger partial charge in [-0.15, -0.1) is 0 Å². The van der Waals surface area contributed by atoms with Gasteiger partial charge in [-0.1, -0.05) is 5.16 Å². The Morgan fingerprint density at radius 2 is 2.00 bits per heavy atom. The van der Waals surface area contributed by atoms with Crippen LogP contribution in [0.25, 0.3) is 45.8 Å². The number of hydrogen-bond donors (Lipinski definition) is 0. The molecular formula is C20H15N5O3. The molecule has 5 rings (SSSR count). The normalized spacial score (nSPS) is 11.2. The Labute approximate surface area is 159 Å². The van der Waals surface area contributed by atoms with Gasteiger partial charge in [-0.3, -0.25) is 9.67 Å². The Kier molecular flexibility index (Phi) is 3.68. The van der Waals surface area contributed by atoms with Gasteiger partial charge in [0.25, 0.3) is 5.89 Å². The Morgan fingerprint density at radius 1 is 1.07 bits per heavy atom. The largest absolute Gasteiger partial charge is 0.463 e. The first-order valence-corrected chi connectivity index (χ1v) is 8.62. The lowest BCUT2D eigenvalue weighted by molar-refractivity contribution is 0.432. The maximum absolute atomic E-state index is 5.71. The van der Waals surface area contributed by atoms with Crippen molar-refractivity contribution in [1.82, 2.24) is 24.9 Å². The van der Waals surface area contributed by atoms with Crippen molar-refractivity contribution in [3.05, 3.63) is 60.8 Å². The highest BCUT2D eigenvalue weighted by atomic mass is 16.5. The van der Waals surface area contributed by atoms with Gasteiger partial charge in [0.2, 0.25) is 5.82 Å². The van der Waals surface area contributed by atoms with Crippen LogP contribution < -0.4 is 0 Å². The standard InChI is InChI=1S/C20H15N5O3/c1-12-5-6-17(27-12)18-14(11-25(2)23-18)20-22-19(24-28-20)13-7-8-21-15(10-13)16-4-3-9-26-16/h3-11H,1-2H3. The van der Waals surface area contributed by atoms with Gasteiger partial charge in [0.05, 0.1) is 11.8 Å². The van der Waals surface area contributed by atoms with E-state index in [1.165, 1.54) is 0 Å². The summed E-state index contributed by atoms with van der Waals surface area (Å²) in [5.74, 6) is 2.95. The molecule has 138 valence electrons. The van der Waals surface area contributed by atoms with Crippen LogP contribution in [0.1, 0.15) is 5.76 Å². The molecule has 0 aliphatic carbocycles. The van der Waals surface area contributed by atoms with Gasteiger partial charge in [-0.25, -0.2) is 0 Å². The highest BCUT2D eigenvalue weighted by Gasteiger charge is 2.21. The van der Waals surface area contributed by atoms with Crippen molar-refractivity contribution in [3.63, 3.8) is 0 Å². The Morgan fingerprint density at radius 3 is 2.79 bits per heavy atom. The fourth-order valence-corrected chi connectivity index (χ4v) is 2.97. The first kappa shape index (κ1) is 16.2. The van der Waals surface area contributed by atoms with Crippen LogP contribution in [-0.2, 0) is 7.05 Å². The lowest BCUT2D eigenvalue weighted by atomic mass is 10.2. The quantitative estimate of drug-likeness (QED) is 0.462. The summed E-state index contributed by atoms with van der Waals surface area (Å²) in [4.78, 5) is 8.87. The molecule has 0 saturated heterocycles. The van der Waals surface area contributed by atoms with Crippen molar-refractivity contribution in [3.8, 4) is 45.8 Å². The molecule has 0 bridgehead atoms. The van der Waals surface area contributed by atoms with E-state index in [1.807, 2.05) is 56.6 Å². The van der Waals surface area contributed by atoms with Gasteiger partial charge in [0, 0.05) is 25.0 Å². The summed E-state index contributed by atoms with van der Waals surface area (Å²) in [6.07, 6.45) is 5.12. The van der Waals surface area contributed by atoms with Crippen LogP contribution in [-0.4, -0.2) is 24.9 Å². The van der Waals surface area contributed by atoms with E-state index in [-0.39, 0.29) is 0 Å². The van der Waals surface area contributed by atoms with Gasteiger partial charge >= 0.3 is 0 Å². The second kappa shape index (κ2) is 6.34. The lowest BCUT2D eigenvalue weighted by Gasteiger charge is -1.98. The van der Waals surface area contributed by atoms with Gasteiger partial charge < -0.3 is 13.4 Å². The average Bonchev–Trinajstić information content (AvgIpc) is 3.48. The third-order valence-corrected chi connectivity index (χ3v) is 4.25. The van der Waals surface area contributed by atoms with E-state index in [0.29, 0.717) is 40.2 Å². The third-order valence-electron chi connectivity index (χ3n) is 4.25. The van der Waals surface area contributed by atoms with Crippen LogP contribution in [0.2, 0.25) is 0 Å². The maximum atomic E-state index is 5.71. The molecule has 0 N–H and O–H groups in total. The molecule has 0 fully saturated rings. The van der Waals surface area contributed by atoms with E-state index in [9.17, 15) is 0 Å². The molecule has 0 radical (unpaired) electrons. The zero-order valence-corrected chi connectivity index (χ0v) is 15.2. The SMILES string of the molecule is Cc1ccc(-c2nn(C)cc2-c2nc(-c3ccnc(-c4ccco4)c3)no2)o1. The molecule has 0 saturated carbocycles. The van der Waals surface area contributed by atoms with Crippen LogP contribution in [0, 0.1) is 6.92 Å². The fraction of sp³-hybridized carbons (Fsp3) is 0.100. The first-order valence-electron chi connectivity index (χ1n) is 8.62.